The summed E-state index contributed by atoms with van der Waals surface area (Å²) >= 11 is 6.13. The summed E-state index contributed by atoms with van der Waals surface area (Å²) in [7, 11) is 0. The summed E-state index contributed by atoms with van der Waals surface area (Å²) in [4.78, 5) is 13.7. The molecule has 3 rings (SSSR count). The molecule has 0 saturated carbocycles. The van der Waals surface area contributed by atoms with Crippen molar-refractivity contribution in [1.29, 1.82) is 0 Å². The van der Waals surface area contributed by atoms with E-state index in [-0.39, 0.29) is 0 Å². The number of morpholine rings is 1. The van der Waals surface area contributed by atoms with Crippen LogP contribution >= 0.6 is 11.6 Å². The lowest BCUT2D eigenvalue weighted by Gasteiger charge is -2.32. The van der Waals surface area contributed by atoms with Gasteiger partial charge in [-0.05, 0) is 35.9 Å². The van der Waals surface area contributed by atoms with Crippen molar-refractivity contribution in [2.24, 2.45) is 0 Å². The molecule has 1 aliphatic heterocycles. The Hall–Kier alpha value is -2.08. The molecule has 0 spiro atoms. The molecule has 6 heteroatoms. The molecule has 1 N–H and O–H groups in total. The fraction of sp³-hybridized carbons (Fsp3) is 0.316. The lowest BCUT2D eigenvalue weighted by molar-refractivity contribution is -0.145. The number of ether oxygens (including phenoxy) is 2. The van der Waals surface area contributed by atoms with Crippen LogP contribution in [0.25, 0.3) is 0 Å². The largest absolute Gasteiger partial charge is 0.480 e. The average molecular weight is 362 g/mol. The van der Waals surface area contributed by atoms with Gasteiger partial charge in [-0.15, -0.1) is 0 Å². The molecule has 1 fully saturated rings. The Labute approximate surface area is 151 Å². The summed E-state index contributed by atoms with van der Waals surface area (Å²) in [5, 5.41) is 10.2. The molecule has 0 bridgehead atoms. The third-order valence-corrected chi connectivity index (χ3v) is 4.41. The first-order valence-corrected chi connectivity index (χ1v) is 8.57. The standard InChI is InChI=1S/C19H20ClNO4/c20-15-6-7-18(25-16-4-2-1-3-5-16)14(12-15)13-17(19(22)23)21-8-10-24-11-9-21/h1-7,12,17H,8-11,13H2,(H,22,23). The second-order valence-corrected chi connectivity index (χ2v) is 6.31. The summed E-state index contributed by atoms with van der Waals surface area (Å²) in [6.07, 6.45) is 0.318. The molecule has 0 aromatic heterocycles. The number of carboxylic acid groups (broad SMARTS) is 1. The number of halogens is 1. The topological polar surface area (TPSA) is 59.0 Å². The van der Waals surface area contributed by atoms with Gasteiger partial charge in [0.25, 0.3) is 0 Å². The first-order chi connectivity index (χ1) is 12.1. The van der Waals surface area contributed by atoms with Crippen molar-refractivity contribution in [1.82, 2.24) is 4.90 Å². The fourth-order valence-electron chi connectivity index (χ4n) is 2.89. The SMILES string of the molecule is O=C(O)C(Cc1cc(Cl)ccc1Oc1ccccc1)N1CCOCC1. The molecule has 1 unspecified atom stereocenters. The van der Waals surface area contributed by atoms with Gasteiger partial charge in [0.15, 0.2) is 0 Å². The number of para-hydroxylation sites is 1. The molecule has 2 aromatic rings. The van der Waals surface area contributed by atoms with Crippen LogP contribution < -0.4 is 4.74 Å². The smallest absolute Gasteiger partial charge is 0.321 e. The summed E-state index contributed by atoms with van der Waals surface area (Å²) < 4.78 is 11.3. The Kier molecular flexibility index (Phi) is 5.91. The highest BCUT2D eigenvalue weighted by Crippen LogP contribution is 2.29. The van der Waals surface area contributed by atoms with Crippen LogP contribution in [0.15, 0.2) is 48.5 Å². The van der Waals surface area contributed by atoms with Gasteiger partial charge in [-0.2, -0.15) is 0 Å². The van der Waals surface area contributed by atoms with E-state index < -0.39 is 12.0 Å². The zero-order valence-corrected chi connectivity index (χ0v) is 14.5. The Morgan fingerprint density at radius 2 is 1.92 bits per heavy atom. The van der Waals surface area contributed by atoms with E-state index in [0.29, 0.717) is 49.2 Å². The van der Waals surface area contributed by atoms with Crippen molar-refractivity contribution in [2.45, 2.75) is 12.5 Å². The van der Waals surface area contributed by atoms with E-state index in [1.54, 1.807) is 18.2 Å². The van der Waals surface area contributed by atoms with E-state index in [9.17, 15) is 9.90 Å². The van der Waals surface area contributed by atoms with Crippen molar-refractivity contribution in [3.63, 3.8) is 0 Å². The highest BCUT2D eigenvalue weighted by molar-refractivity contribution is 6.30. The number of carbonyl (C=O) groups is 1. The molecular weight excluding hydrogens is 342 g/mol. The molecular formula is C19H20ClNO4. The Bertz CT molecular complexity index is 717. The fourth-order valence-corrected chi connectivity index (χ4v) is 3.09. The normalized spacial score (nSPS) is 16.4. The van der Waals surface area contributed by atoms with Gasteiger partial charge in [-0.25, -0.2) is 0 Å². The van der Waals surface area contributed by atoms with Gasteiger partial charge in [-0.1, -0.05) is 29.8 Å². The van der Waals surface area contributed by atoms with Gasteiger partial charge >= 0.3 is 5.97 Å². The quantitative estimate of drug-likeness (QED) is 0.853. The van der Waals surface area contributed by atoms with Crippen LogP contribution in [0.3, 0.4) is 0 Å². The Morgan fingerprint density at radius 1 is 1.20 bits per heavy atom. The Morgan fingerprint density at radius 3 is 2.60 bits per heavy atom. The summed E-state index contributed by atoms with van der Waals surface area (Å²) in [6, 6.07) is 14.1. The second kappa shape index (κ2) is 8.34. The van der Waals surface area contributed by atoms with E-state index in [4.69, 9.17) is 21.1 Å². The first-order valence-electron chi connectivity index (χ1n) is 8.19. The molecule has 25 heavy (non-hydrogen) atoms. The van der Waals surface area contributed by atoms with E-state index in [0.717, 1.165) is 5.56 Å². The third-order valence-electron chi connectivity index (χ3n) is 4.18. The molecule has 0 radical (unpaired) electrons. The van der Waals surface area contributed by atoms with Crippen LogP contribution in [0.1, 0.15) is 5.56 Å². The predicted octanol–water partition coefficient (Wildman–Crippen LogP) is 3.46. The van der Waals surface area contributed by atoms with Crippen LogP contribution in [0.4, 0.5) is 0 Å². The highest BCUT2D eigenvalue weighted by Gasteiger charge is 2.28. The van der Waals surface area contributed by atoms with Crippen LogP contribution in [0, 0.1) is 0 Å². The van der Waals surface area contributed by atoms with Crippen molar-refractivity contribution in [3.05, 3.63) is 59.1 Å². The first kappa shape index (κ1) is 17.7. The van der Waals surface area contributed by atoms with E-state index >= 15 is 0 Å². The van der Waals surface area contributed by atoms with Crippen LogP contribution in [-0.4, -0.2) is 48.3 Å². The van der Waals surface area contributed by atoms with Crippen LogP contribution in [0.5, 0.6) is 11.5 Å². The van der Waals surface area contributed by atoms with Crippen LogP contribution in [-0.2, 0) is 16.0 Å². The summed E-state index contributed by atoms with van der Waals surface area (Å²) in [5.41, 5.74) is 0.773. The number of aliphatic carboxylic acids is 1. The minimum atomic E-state index is -0.854. The van der Waals surface area contributed by atoms with Crippen molar-refractivity contribution < 1.29 is 19.4 Å². The number of hydrogen-bond donors (Lipinski definition) is 1. The highest BCUT2D eigenvalue weighted by atomic mass is 35.5. The molecule has 1 aliphatic rings. The van der Waals surface area contributed by atoms with Gasteiger partial charge in [0, 0.05) is 24.5 Å². The molecule has 0 aliphatic carbocycles. The lowest BCUT2D eigenvalue weighted by atomic mass is 10.0. The number of rotatable bonds is 6. The van der Waals surface area contributed by atoms with Crippen molar-refractivity contribution >= 4 is 17.6 Å². The maximum absolute atomic E-state index is 11.8. The molecule has 1 saturated heterocycles. The van der Waals surface area contributed by atoms with Gasteiger partial charge in [0.1, 0.15) is 17.5 Å². The number of hydrogen-bond acceptors (Lipinski definition) is 4. The predicted molar refractivity (Wildman–Crippen MR) is 95.5 cm³/mol. The molecule has 5 nitrogen and oxygen atoms in total. The third kappa shape index (κ3) is 4.72. The lowest BCUT2D eigenvalue weighted by Crippen LogP contribution is -2.48. The van der Waals surface area contributed by atoms with Gasteiger partial charge in [-0.3, -0.25) is 9.69 Å². The number of nitrogens with zero attached hydrogens (tertiary/aromatic N) is 1. The maximum Gasteiger partial charge on any atom is 0.321 e. The van der Waals surface area contributed by atoms with Crippen LogP contribution in [0.2, 0.25) is 5.02 Å². The van der Waals surface area contributed by atoms with Gasteiger partial charge < -0.3 is 14.6 Å². The molecule has 1 heterocycles. The van der Waals surface area contributed by atoms with Crippen molar-refractivity contribution in [2.75, 3.05) is 26.3 Å². The zero-order valence-electron chi connectivity index (χ0n) is 13.7. The average Bonchev–Trinajstić information content (AvgIpc) is 2.63. The molecule has 1 atom stereocenters. The van der Waals surface area contributed by atoms with Crippen molar-refractivity contribution in [3.8, 4) is 11.5 Å². The molecule has 0 amide bonds. The molecule has 132 valence electrons. The van der Waals surface area contributed by atoms with Gasteiger partial charge in [0.05, 0.1) is 13.2 Å². The second-order valence-electron chi connectivity index (χ2n) is 5.87. The van der Waals surface area contributed by atoms with E-state index in [1.807, 2.05) is 35.2 Å². The van der Waals surface area contributed by atoms with E-state index in [2.05, 4.69) is 0 Å². The minimum absolute atomic E-state index is 0.318. The minimum Gasteiger partial charge on any atom is -0.480 e. The number of carboxylic acids is 1. The monoisotopic (exact) mass is 361 g/mol. The van der Waals surface area contributed by atoms with Gasteiger partial charge in [0.2, 0.25) is 0 Å². The van der Waals surface area contributed by atoms with E-state index in [1.165, 1.54) is 0 Å². The summed E-state index contributed by atoms with van der Waals surface area (Å²) in [6.45, 7) is 2.30. The zero-order chi connectivity index (χ0) is 17.6. The number of benzene rings is 2. The molecule has 2 aromatic carbocycles. The Balaban J connectivity index is 1.84. The maximum atomic E-state index is 11.8. The summed E-state index contributed by atoms with van der Waals surface area (Å²) in [5.74, 6) is 0.465.